The third kappa shape index (κ3) is 2.38. The van der Waals surface area contributed by atoms with E-state index in [1.165, 1.54) is 31.2 Å². The lowest BCUT2D eigenvalue weighted by molar-refractivity contribution is -0.931. The predicted molar refractivity (Wildman–Crippen MR) is 68.8 cm³/mol. The highest BCUT2D eigenvalue weighted by Gasteiger charge is 2.43. The van der Waals surface area contributed by atoms with Crippen molar-refractivity contribution in [3.05, 3.63) is 35.9 Å². The number of rotatable bonds is 3. The van der Waals surface area contributed by atoms with Gasteiger partial charge in [0.25, 0.3) is 0 Å². The summed E-state index contributed by atoms with van der Waals surface area (Å²) in [4.78, 5) is 1.81. The van der Waals surface area contributed by atoms with E-state index in [0.717, 1.165) is 24.7 Å². The third-order valence-corrected chi connectivity index (χ3v) is 4.86. The molecule has 4 atom stereocenters. The molecule has 92 valence electrons. The van der Waals surface area contributed by atoms with E-state index in [9.17, 15) is 0 Å². The van der Waals surface area contributed by atoms with E-state index in [-0.39, 0.29) is 0 Å². The summed E-state index contributed by atoms with van der Waals surface area (Å²) in [6.07, 6.45) is 5.78. The molecule has 2 aliphatic rings. The molecular weight excluding hydrogens is 208 g/mol. The second-order valence-corrected chi connectivity index (χ2v) is 5.87. The SMILES string of the molecule is C[NH+]1[C@@H]2CC[C@H]1CC([NH2+]Cc1ccccc1)C2. The van der Waals surface area contributed by atoms with Gasteiger partial charge in [-0.2, -0.15) is 0 Å². The van der Waals surface area contributed by atoms with Gasteiger partial charge in [-0.05, 0) is 0 Å². The summed E-state index contributed by atoms with van der Waals surface area (Å²) in [6.45, 7) is 1.16. The fraction of sp³-hybridized carbons (Fsp3) is 0.600. The van der Waals surface area contributed by atoms with E-state index in [1.807, 2.05) is 4.90 Å². The minimum absolute atomic E-state index is 0.872. The predicted octanol–water partition coefficient (Wildman–Crippen LogP) is -0.0419. The molecule has 2 aliphatic heterocycles. The molecule has 2 fully saturated rings. The van der Waals surface area contributed by atoms with E-state index in [2.05, 4.69) is 42.7 Å². The van der Waals surface area contributed by atoms with E-state index < -0.39 is 0 Å². The molecule has 1 aromatic carbocycles. The molecule has 0 amide bonds. The number of hydrogen-bond acceptors (Lipinski definition) is 0. The quantitative estimate of drug-likeness (QED) is 0.730. The van der Waals surface area contributed by atoms with Crippen LogP contribution in [0.3, 0.4) is 0 Å². The fourth-order valence-corrected chi connectivity index (χ4v) is 3.73. The average molecular weight is 232 g/mol. The number of hydrogen-bond donors (Lipinski definition) is 2. The molecule has 0 saturated carbocycles. The van der Waals surface area contributed by atoms with Gasteiger partial charge in [0.2, 0.25) is 0 Å². The maximum atomic E-state index is 2.58. The van der Waals surface area contributed by atoms with Gasteiger partial charge in [0.1, 0.15) is 6.54 Å². The molecule has 1 aromatic rings. The highest BCUT2D eigenvalue weighted by atomic mass is 15.2. The molecule has 2 bridgehead atoms. The Morgan fingerprint density at radius 2 is 1.76 bits per heavy atom. The fourth-order valence-electron chi connectivity index (χ4n) is 3.73. The number of nitrogens with two attached hydrogens (primary N) is 1. The summed E-state index contributed by atoms with van der Waals surface area (Å²) in [6, 6.07) is 13.6. The van der Waals surface area contributed by atoms with Crippen LogP contribution in [-0.2, 0) is 6.54 Å². The summed E-state index contributed by atoms with van der Waals surface area (Å²) in [5, 5.41) is 2.58. The molecule has 0 aromatic heterocycles. The molecule has 0 aliphatic carbocycles. The van der Waals surface area contributed by atoms with E-state index in [0.29, 0.717) is 0 Å². The van der Waals surface area contributed by atoms with Gasteiger partial charge in [0.15, 0.2) is 0 Å². The van der Waals surface area contributed by atoms with Crippen molar-refractivity contribution in [2.24, 2.45) is 0 Å². The van der Waals surface area contributed by atoms with E-state index >= 15 is 0 Å². The highest BCUT2D eigenvalue weighted by molar-refractivity contribution is 5.13. The molecule has 0 radical (unpaired) electrons. The van der Waals surface area contributed by atoms with Crippen LogP contribution in [0.15, 0.2) is 30.3 Å². The first-order chi connectivity index (χ1) is 8.33. The molecule has 3 rings (SSSR count). The molecular formula is C15H24N2+2. The van der Waals surface area contributed by atoms with Crippen LogP contribution in [0.2, 0.25) is 0 Å². The van der Waals surface area contributed by atoms with Crippen molar-refractivity contribution in [3.63, 3.8) is 0 Å². The number of quaternary nitrogens is 2. The lowest BCUT2D eigenvalue weighted by Crippen LogP contribution is -3.17. The van der Waals surface area contributed by atoms with Gasteiger partial charge in [-0.25, -0.2) is 0 Å². The Hall–Kier alpha value is -0.860. The van der Waals surface area contributed by atoms with Crippen LogP contribution in [0.5, 0.6) is 0 Å². The molecule has 2 nitrogen and oxygen atoms in total. The monoisotopic (exact) mass is 232 g/mol. The molecule has 3 N–H and O–H groups in total. The highest BCUT2D eigenvalue weighted by Crippen LogP contribution is 2.20. The molecule has 2 heteroatoms. The van der Waals surface area contributed by atoms with Crippen LogP contribution >= 0.6 is 0 Å². The van der Waals surface area contributed by atoms with Crippen molar-refractivity contribution in [1.82, 2.24) is 0 Å². The van der Waals surface area contributed by atoms with E-state index in [4.69, 9.17) is 0 Å². The maximum Gasteiger partial charge on any atom is 0.101 e. The van der Waals surface area contributed by atoms with Crippen LogP contribution in [0.1, 0.15) is 31.2 Å². The number of nitrogens with one attached hydrogen (secondary N) is 1. The molecule has 2 heterocycles. The topological polar surface area (TPSA) is 21.1 Å². The van der Waals surface area contributed by atoms with Crippen LogP contribution in [0.25, 0.3) is 0 Å². The first-order valence-electron chi connectivity index (χ1n) is 7.03. The van der Waals surface area contributed by atoms with Gasteiger partial charge in [-0.3, -0.25) is 0 Å². The minimum Gasteiger partial charge on any atom is -0.340 e. The second-order valence-electron chi connectivity index (χ2n) is 5.87. The normalized spacial score (nSPS) is 36.1. The average Bonchev–Trinajstić information content (AvgIpc) is 2.61. The van der Waals surface area contributed by atoms with Gasteiger partial charge >= 0.3 is 0 Å². The zero-order valence-electron chi connectivity index (χ0n) is 10.7. The Bertz CT molecular complexity index is 348. The van der Waals surface area contributed by atoms with Crippen molar-refractivity contribution < 1.29 is 10.2 Å². The van der Waals surface area contributed by atoms with Crippen molar-refractivity contribution >= 4 is 0 Å². The maximum absolute atomic E-state index is 2.58. The Morgan fingerprint density at radius 3 is 2.41 bits per heavy atom. The standard InChI is InChI=1S/C15H22N2/c1-17-14-7-8-15(17)10-13(9-14)16-11-12-5-3-2-4-6-12/h2-6,13-16H,7-11H2,1H3/p+2/t13?,14-,15+. The zero-order chi connectivity index (χ0) is 11.7. The van der Waals surface area contributed by atoms with Gasteiger partial charge < -0.3 is 10.2 Å². The van der Waals surface area contributed by atoms with Crippen molar-refractivity contribution in [1.29, 1.82) is 0 Å². The Morgan fingerprint density at radius 1 is 1.12 bits per heavy atom. The van der Waals surface area contributed by atoms with Gasteiger partial charge in [0.05, 0.1) is 38.0 Å². The molecule has 17 heavy (non-hydrogen) atoms. The van der Waals surface area contributed by atoms with Gasteiger partial charge in [-0.1, -0.05) is 30.3 Å². The van der Waals surface area contributed by atoms with Crippen LogP contribution in [-0.4, -0.2) is 25.2 Å². The van der Waals surface area contributed by atoms with Gasteiger partial charge in [-0.15, -0.1) is 0 Å². The molecule has 2 unspecified atom stereocenters. The van der Waals surface area contributed by atoms with Crippen LogP contribution in [0, 0.1) is 0 Å². The lowest BCUT2D eigenvalue weighted by Gasteiger charge is -2.32. The first-order valence-corrected chi connectivity index (χ1v) is 7.03. The Labute approximate surface area is 104 Å². The summed E-state index contributed by atoms with van der Waals surface area (Å²) in [5.41, 5.74) is 1.46. The third-order valence-electron chi connectivity index (χ3n) is 4.86. The van der Waals surface area contributed by atoms with Crippen LogP contribution < -0.4 is 10.2 Å². The minimum atomic E-state index is 0.872. The molecule has 2 saturated heterocycles. The first kappa shape index (κ1) is 11.2. The number of piperidine rings is 1. The number of benzene rings is 1. The Balaban J connectivity index is 1.54. The van der Waals surface area contributed by atoms with E-state index in [1.54, 1.807) is 0 Å². The van der Waals surface area contributed by atoms with Crippen LogP contribution in [0.4, 0.5) is 0 Å². The van der Waals surface area contributed by atoms with Crippen molar-refractivity contribution in [3.8, 4) is 0 Å². The van der Waals surface area contributed by atoms with Crippen molar-refractivity contribution in [2.75, 3.05) is 7.05 Å². The zero-order valence-corrected chi connectivity index (χ0v) is 10.7. The van der Waals surface area contributed by atoms with Crippen molar-refractivity contribution in [2.45, 2.75) is 50.4 Å². The Kier molecular flexibility index (Phi) is 3.17. The summed E-state index contributed by atoms with van der Waals surface area (Å²) >= 11 is 0. The smallest absolute Gasteiger partial charge is 0.101 e. The lowest BCUT2D eigenvalue weighted by atomic mass is 9.98. The summed E-state index contributed by atoms with van der Waals surface area (Å²) in [5.74, 6) is 0. The molecule has 0 spiro atoms. The number of fused-ring (bicyclic) bond motifs is 2. The second kappa shape index (κ2) is 4.79. The largest absolute Gasteiger partial charge is 0.340 e. The summed E-state index contributed by atoms with van der Waals surface area (Å²) in [7, 11) is 2.40. The summed E-state index contributed by atoms with van der Waals surface area (Å²) < 4.78 is 0. The van der Waals surface area contributed by atoms with Gasteiger partial charge in [0, 0.05) is 18.4 Å².